The molecule has 0 saturated carbocycles. The molecule has 1 aliphatic heterocycles. The molecule has 4 nitrogen and oxygen atoms in total. The average Bonchev–Trinajstić information content (AvgIpc) is 3.15. The van der Waals surface area contributed by atoms with Crippen molar-refractivity contribution in [2.45, 2.75) is 23.8 Å². The molecule has 0 radical (unpaired) electrons. The third-order valence-electron chi connectivity index (χ3n) is 5.15. The van der Waals surface area contributed by atoms with Crippen LogP contribution in [0.3, 0.4) is 0 Å². The lowest BCUT2D eigenvalue weighted by Gasteiger charge is -2.25. The molecule has 3 aromatic rings. The van der Waals surface area contributed by atoms with Crippen molar-refractivity contribution >= 4 is 26.5 Å². The number of hydrogen-bond acceptors (Lipinski definition) is 3. The molecular weight excluding hydrogens is 358 g/mol. The van der Waals surface area contributed by atoms with Crippen LogP contribution in [0, 0.1) is 0 Å². The first-order valence-electron chi connectivity index (χ1n) is 9.12. The van der Waals surface area contributed by atoms with Gasteiger partial charge in [0.1, 0.15) is 0 Å². The summed E-state index contributed by atoms with van der Waals surface area (Å²) < 4.78 is 25.5. The van der Waals surface area contributed by atoms with E-state index in [4.69, 9.17) is 0 Å². The van der Waals surface area contributed by atoms with Gasteiger partial charge in [-0.05, 0) is 47.9 Å². The van der Waals surface area contributed by atoms with Crippen molar-refractivity contribution in [2.75, 3.05) is 12.3 Å². The zero-order valence-corrected chi connectivity index (χ0v) is 15.7. The molecule has 1 fully saturated rings. The molecule has 3 aromatic carbocycles. The number of likely N-dealkylation sites (tertiary alicyclic amines) is 1. The molecular formula is C22H21NO3S. The summed E-state index contributed by atoms with van der Waals surface area (Å²) in [6.07, 6.45) is 1.54. The summed E-state index contributed by atoms with van der Waals surface area (Å²) in [7, 11) is -3.42. The van der Waals surface area contributed by atoms with Gasteiger partial charge in [0, 0.05) is 18.2 Å². The van der Waals surface area contributed by atoms with Crippen molar-refractivity contribution in [1.82, 2.24) is 4.90 Å². The number of fused-ring (bicyclic) bond motifs is 1. The summed E-state index contributed by atoms with van der Waals surface area (Å²) in [6, 6.07) is 21.7. The van der Waals surface area contributed by atoms with Crippen LogP contribution in [0.2, 0.25) is 0 Å². The van der Waals surface area contributed by atoms with E-state index in [0.29, 0.717) is 23.4 Å². The van der Waals surface area contributed by atoms with Crippen molar-refractivity contribution in [2.24, 2.45) is 0 Å². The van der Waals surface area contributed by atoms with E-state index in [1.54, 1.807) is 35.2 Å². The Morgan fingerprint density at radius 1 is 0.926 bits per heavy atom. The van der Waals surface area contributed by atoms with Gasteiger partial charge in [-0.3, -0.25) is 4.79 Å². The van der Waals surface area contributed by atoms with Crippen molar-refractivity contribution in [1.29, 1.82) is 0 Å². The Balaban J connectivity index is 1.58. The average molecular weight is 379 g/mol. The molecule has 5 heteroatoms. The standard InChI is InChI=1S/C22H21NO3S/c24-22(19-13-12-17-7-4-5-8-18(17)15-19)23-14-6-9-20(23)16-27(25,26)21-10-2-1-3-11-21/h1-5,7-8,10-13,15,20H,6,9,14,16H2. The summed E-state index contributed by atoms with van der Waals surface area (Å²) >= 11 is 0. The van der Waals surface area contributed by atoms with Gasteiger partial charge in [0.15, 0.2) is 9.84 Å². The minimum absolute atomic E-state index is 0.0314. The molecule has 0 spiro atoms. The van der Waals surface area contributed by atoms with Crippen LogP contribution in [0.15, 0.2) is 77.7 Å². The van der Waals surface area contributed by atoms with Crippen LogP contribution in [-0.4, -0.2) is 37.6 Å². The van der Waals surface area contributed by atoms with E-state index in [2.05, 4.69) is 0 Å². The van der Waals surface area contributed by atoms with Crippen LogP contribution in [0.5, 0.6) is 0 Å². The molecule has 1 amide bonds. The molecule has 1 unspecified atom stereocenters. The molecule has 1 heterocycles. The highest BCUT2D eigenvalue weighted by Gasteiger charge is 2.33. The normalized spacial score (nSPS) is 17.3. The van der Waals surface area contributed by atoms with Crippen LogP contribution in [-0.2, 0) is 9.84 Å². The first-order valence-corrected chi connectivity index (χ1v) is 10.8. The summed E-state index contributed by atoms with van der Waals surface area (Å²) in [5, 5.41) is 2.09. The quantitative estimate of drug-likeness (QED) is 0.690. The first-order chi connectivity index (χ1) is 13.0. The maximum Gasteiger partial charge on any atom is 0.254 e. The Kier molecular flexibility index (Phi) is 4.70. The third-order valence-corrected chi connectivity index (χ3v) is 6.96. The molecule has 1 aliphatic rings. The van der Waals surface area contributed by atoms with Gasteiger partial charge in [-0.2, -0.15) is 0 Å². The number of hydrogen-bond donors (Lipinski definition) is 0. The second-order valence-corrected chi connectivity index (χ2v) is 8.99. The van der Waals surface area contributed by atoms with Crippen LogP contribution >= 0.6 is 0 Å². The summed E-state index contributed by atoms with van der Waals surface area (Å²) in [5.74, 6) is -0.123. The highest BCUT2D eigenvalue weighted by molar-refractivity contribution is 7.91. The highest BCUT2D eigenvalue weighted by Crippen LogP contribution is 2.25. The van der Waals surface area contributed by atoms with Crippen molar-refractivity contribution in [3.05, 3.63) is 78.4 Å². The second kappa shape index (κ2) is 7.16. The minimum atomic E-state index is -3.42. The van der Waals surface area contributed by atoms with E-state index in [0.717, 1.165) is 17.2 Å². The largest absolute Gasteiger partial charge is 0.335 e. The number of benzene rings is 3. The van der Waals surface area contributed by atoms with Gasteiger partial charge in [0.05, 0.1) is 10.6 Å². The van der Waals surface area contributed by atoms with E-state index in [1.807, 2.05) is 42.5 Å². The van der Waals surface area contributed by atoms with Gasteiger partial charge < -0.3 is 4.90 Å². The fourth-order valence-corrected chi connectivity index (χ4v) is 5.36. The number of nitrogens with zero attached hydrogens (tertiary/aromatic N) is 1. The summed E-state index contributed by atoms with van der Waals surface area (Å²) in [6.45, 7) is 0.598. The molecule has 0 aliphatic carbocycles. The third kappa shape index (κ3) is 3.60. The predicted molar refractivity (Wildman–Crippen MR) is 107 cm³/mol. The Hall–Kier alpha value is -2.66. The maximum atomic E-state index is 13.1. The number of rotatable bonds is 4. The molecule has 1 atom stereocenters. The highest BCUT2D eigenvalue weighted by atomic mass is 32.2. The summed E-state index contributed by atoms with van der Waals surface area (Å²) in [5.41, 5.74) is 0.609. The smallest absolute Gasteiger partial charge is 0.254 e. The van der Waals surface area contributed by atoms with E-state index in [-0.39, 0.29) is 17.7 Å². The SMILES string of the molecule is O=C(c1ccc2ccccc2c1)N1CCCC1CS(=O)(=O)c1ccccc1. The Bertz CT molecular complexity index is 1080. The Labute approximate surface area is 159 Å². The lowest BCUT2D eigenvalue weighted by atomic mass is 10.1. The number of sulfone groups is 1. The monoisotopic (exact) mass is 379 g/mol. The molecule has 1 saturated heterocycles. The lowest BCUT2D eigenvalue weighted by molar-refractivity contribution is 0.0749. The first kappa shape index (κ1) is 17.7. The van der Waals surface area contributed by atoms with Gasteiger partial charge in [0.2, 0.25) is 0 Å². The van der Waals surface area contributed by atoms with E-state index >= 15 is 0 Å². The fraction of sp³-hybridized carbons (Fsp3) is 0.227. The molecule has 0 N–H and O–H groups in total. The van der Waals surface area contributed by atoms with Crippen molar-refractivity contribution in [3.8, 4) is 0 Å². The van der Waals surface area contributed by atoms with E-state index in [9.17, 15) is 13.2 Å². The zero-order valence-electron chi connectivity index (χ0n) is 14.9. The molecule has 0 aromatic heterocycles. The van der Waals surface area contributed by atoms with Gasteiger partial charge >= 0.3 is 0 Å². The van der Waals surface area contributed by atoms with Crippen LogP contribution in [0.4, 0.5) is 0 Å². The van der Waals surface area contributed by atoms with E-state index < -0.39 is 9.84 Å². The predicted octanol–water partition coefficient (Wildman–Crippen LogP) is 3.92. The van der Waals surface area contributed by atoms with Gasteiger partial charge in [-0.15, -0.1) is 0 Å². The summed E-state index contributed by atoms with van der Waals surface area (Å²) in [4.78, 5) is 15.1. The van der Waals surface area contributed by atoms with Gasteiger partial charge in [0.25, 0.3) is 5.91 Å². The Morgan fingerprint density at radius 2 is 1.63 bits per heavy atom. The van der Waals surface area contributed by atoms with Crippen LogP contribution < -0.4 is 0 Å². The second-order valence-electron chi connectivity index (χ2n) is 6.95. The van der Waals surface area contributed by atoms with Crippen molar-refractivity contribution < 1.29 is 13.2 Å². The topological polar surface area (TPSA) is 54.5 Å². The molecule has 138 valence electrons. The number of carbonyl (C=O) groups is 1. The molecule has 0 bridgehead atoms. The Morgan fingerprint density at radius 3 is 2.41 bits per heavy atom. The zero-order chi connectivity index (χ0) is 18.9. The molecule has 4 rings (SSSR count). The minimum Gasteiger partial charge on any atom is -0.335 e. The van der Waals surface area contributed by atoms with E-state index in [1.165, 1.54) is 0 Å². The van der Waals surface area contributed by atoms with Crippen LogP contribution in [0.1, 0.15) is 23.2 Å². The molecule has 27 heavy (non-hydrogen) atoms. The van der Waals surface area contributed by atoms with Gasteiger partial charge in [-0.1, -0.05) is 48.5 Å². The van der Waals surface area contributed by atoms with Gasteiger partial charge in [-0.25, -0.2) is 8.42 Å². The van der Waals surface area contributed by atoms with Crippen LogP contribution in [0.25, 0.3) is 10.8 Å². The number of amides is 1. The maximum absolute atomic E-state index is 13.1. The fourth-order valence-electron chi connectivity index (χ4n) is 3.74. The van der Waals surface area contributed by atoms with Crippen molar-refractivity contribution in [3.63, 3.8) is 0 Å². The lowest BCUT2D eigenvalue weighted by Crippen LogP contribution is -2.39. The number of carbonyl (C=O) groups excluding carboxylic acids is 1.